The van der Waals surface area contributed by atoms with E-state index in [9.17, 15) is 17.6 Å². The molecule has 3 aromatic rings. The fourth-order valence-electron chi connectivity index (χ4n) is 5.14. The number of nitrogens with one attached hydrogen (secondary N) is 1. The van der Waals surface area contributed by atoms with Crippen LogP contribution in [0.2, 0.25) is 0 Å². The Balaban J connectivity index is 1.47. The molecule has 4 heterocycles. The number of aryl methyl sites for hydroxylation is 1. The normalized spacial score (nSPS) is 19.9. The van der Waals surface area contributed by atoms with E-state index in [4.69, 9.17) is 4.74 Å². The van der Waals surface area contributed by atoms with Gasteiger partial charge in [-0.15, -0.1) is 5.10 Å². The predicted octanol–water partition coefficient (Wildman–Crippen LogP) is 4.49. The molecule has 0 aliphatic carbocycles. The number of hydrogen-bond donors (Lipinski definition) is 1. The molecule has 11 heteroatoms. The summed E-state index contributed by atoms with van der Waals surface area (Å²) in [6.45, 7) is 9.81. The van der Waals surface area contributed by atoms with Crippen molar-refractivity contribution in [3.63, 3.8) is 0 Å². The highest BCUT2D eigenvalue weighted by molar-refractivity contribution is 5.92. The molecule has 2 aliphatic heterocycles. The maximum atomic E-state index is 14.1. The summed E-state index contributed by atoms with van der Waals surface area (Å²) in [6, 6.07) is 3.30. The van der Waals surface area contributed by atoms with Gasteiger partial charge in [0.2, 0.25) is 0 Å². The minimum Gasteiger partial charge on any atom is -0.378 e. The molecule has 7 nitrogen and oxygen atoms in total. The molecule has 0 spiro atoms. The highest BCUT2D eigenvalue weighted by atomic mass is 19.4. The Kier molecular flexibility index (Phi) is 6.46. The van der Waals surface area contributed by atoms with Crippen LogP contribution in [-0.4, -0.2) is 65.5 Å². The number of pyridine rings is 1. The lowest BCUT2D eigenvalue weighted by Crippen LogP contribution is -2.58. The van der Waals surface area contributed by atoms with Crippen LogP contribution < -0.4 is 10.2 Å². The van der Waals surface area contributed by atoms with Crippen molar-refractivity contribution < 1.29 is 22.3 Å². The van der Waals surface area contributed by atoms with Crippen molar-refractivity contribution in [2.24, 2.45) is 0 Å². The SMILES string of the molecule is Cc1c([C@@H](C)Nc2nnc(C)c3ncc(N4CCN5CCOC[C@@H]5C4)cc23)cc(F)cc1C(F)(F)F. The number of nitrogens with zero attached hydrogens (tertiary/aromatic N) is 5. The first-order valence-electron chi connectivity index (χ1n) is 12.0. The molecule has 36 heavy (non-hydrogen) atoms. The first kappa shape index (κ1) is 24.6. The number of fused-ring (bicyclic) bond motifs is 2. The zero-order valence-electron chi connectivity index (χ0n) is 20.4. The van der Waals surface area contributed by atoms with Crippen LogP contribution in [0.25, 0.3) is 10.9 Å². The molecular weight excluding hydrogens is 476 g/mol. The van der Waals surface area contributed by atoms with Crippen molar-refractivity contribution in [1.29, 1.82) is 0 Å². The number of aromatic nitrogens is 3. The number of morpholine rings is 1. The largest absolute Gasteiger partial charge is 0.416 e. The van der Waals surface area contributed by atoms with Crippen molar-refractivity contribution in [2.75, 3.05) is 49.6 Å². The Morgan fingerprint density at radius 1 is 1.11 bits per heavy atom. The Morgan fingerprint density at radius 2 is 1.92 bits per heavy atom. The molecule has 2 aliphatic rings. The summed E-state index contributed by atoms with van der Waals surface area (Å²) in [7, 11) is 0. The van der Waals surface area contributed by atoms with Gasteiger partial charge in [-0.3, -0.25) is 9.88 Å². The fourth-order valence-corrected chi connectivity index (χ4v) is 5.14. The van der Waals surface area contributed by atoms with Crippen molar-refractivity contribution in [3.8, 4) is 0 Å². The quantitative estimate of drug-likeness (QED) is 0.525. The van der Waals surface area contributed by atoms with Gasteiger partial charge in [0.1, 0.15) is 5.82 Å². The van der Waals surface area contributed by atoms with Gasteiger partial charge in [-0.1, -0.05) is 0 Å². The first-order valence-corrected chi connectivity index (χ1v) is 12.0. The molecule has 192 valence electrons. The number of hydrogen-bond acceptors (Lipinski definition) is 7. The third-order valence-corrected chi connectivity index (χ3v) is 7.11. The predicted molar refractivity (Wildman–Crippen MR) is 129 cm³/mol. The summed E-state index contributed by atoms with van der Waals surface area (Å²) >= 11 is 0. The highest BCUT2D eigenvalue weighted by Gasteiger charge is 2.34. The molecule has 1 N–H and O–H groups in total. The molecule has 0 bridgehead atoms. The van der Waals surface area contributed by atoms with Gasteiger partial charge in [-0.2, -0.15) is 18.3 Å². The second-order valence-electron chi connectivity index (χ2n) is 9.47. The van der Waals surface area contributed by atoms with E-state index in [0.717, 1.165) is 44.5 Å². The first-order chi connectivity index (χ1) is 17.1. The standard InChI is InChI=1S/C25H28F4N6O/c1-14-20(8-17(26)9-22(14)25(27,28)29)15(2)31-24-21-10-18(11-30-23(21)16(3)32-33-24)35-5-4-34-6-7-36-13-19(34)12-35/h8-11,15,19H,4-7,12-13H2,1-3H3,(H,31,33)/t15-,19+/m1/s1. The minimum atomic E-state index is -4.65. The van der Waals surface area contributed by atoms with Crippen LogP contribution in [-0.2, 0) is 10.9 Å². The number of alkyl halides is 3. The zero-order chi connectivity index (χ0) is 25.6. The highest BCUT2D eigenvalue weighted by Crippen LogP contribution is 2.37. The van der Waals surface area contributed by atoms with Crippen LogP contribution in [0.15, 0.2) is 24.4 Å². The molecule has 2 fully saturated rings. The van der Waals surface area contributed by atoms with Crippen molar-refractivity contribution in [2.45, 2.75) is 39.0 Å². The third-order valence-electron chi connectivity index (χ3n) is 7.11. The van der Waals surface area contributed by atoms with E-state index < -0.39 is 23.6 Å². The minimum absolute atomic E-state index is 0.0281. The smallest absolute Gasteiger partial charge is 0.378 e. The maximum absolute atomic E-state index is 14.1. The molecule has 2 saturated heterocycles. The lowest BCUT2D eigenvalue weighted by atomic mass is 9.96. The van der Waals surface area contributed by atoms with Gasteiger partial charge in [-0.25, -0.2) is 4.39 Å². The number of piperazine rings is 1. The fraction of sp³-hybridized carbons (Fsp3) is 0.480. The molecule has 2 atom stereocenters. The Hall–Kier alpha value is -3.05. The van der Waals surface area contributed by atoms with Crippen LogP contribution >= 0.6 is 0 Å². The van der Waals surface area contributed by atoms with Crippen molar-refractivity contribution in [1.82, 2.24) is 20.1 Å². The Labute approximate surface area is 206 Å². The molecule has 0 amide bonds. The van der Waals surface area contributed by atoms with Gasteiger partial charge in [0.05, 0.1) is 54.0 Å². The monoisotopic (exact) mass is 504 g/mol. The van der Waals surface area contributed by atoms with Crippen LogP contribution in [0.3, 0.4) is 0 Å². The van der Waals surface area contributed by atoms with Crippen LogP contribution in [0.4, 0.5) is 29.1 Å². The summed E-state index contributed by atoms with van der Waals surface area (Å²) in [5, 5.41) is 12.3. The van der Waals surface area contributed by atoms with E-state index in [-0.39, 0.29) is 11.1 Å². The number of halogens is 4. The molecular formula is C25H28F4N6O. The number of ether oxygens (including phenoxy) is 1. The van der Waals surface area contributed by atoms with Gasteiger partial charge >= 0.3 is 6.18 Å². The van der Waals surface area contributed by atoms with Gasteiger partial charge in [0.25, 0.3) is 0 Å². The van der Waals surface area contributed by atoms with Crippen LogP contribution in [0.1, 0.15) is 35.3 Å². The van der Waals surface area contributed by atoms with E-state index in [1.807, 2.05) is 12.3 Å². The molecule has 5 rings (SSSR count). The Bertz CT molecular complexity index is 1280. The van der Waals surface area contributed by atoms with Crippen LogP contribution in [0, 0.1) is 19.7 Å². The van der Waals surface area contributed by atoms with E-state index in [2.05, 4.69) is 30.3 Å². The van der Waals surface area contributed by atoms with Crippen LogP contribution in [0.5, 0.6) is 0 Å². The second-order valence-corrected chi connectivity index (χ2v) is 9.47. The molecule has 2 aromatic heterocycles. The summed E-state index contributed by atoms with van der Waals surface area (Å²) in [4.78, 5) is 9.34. The van der Waals surface area contributed by atoms with E-state index >= 15 is 0 Å². The summed E-state index contributed by atoms with van der Waals surface area (Å²) in [6.07, 6.45) is -2.83. The van der Waals surface area contributed by atoms with Crippen molar-refractivity contribution in [3.05, 3.63) is 52.6 Å². The maximum Gasteiger partial charge on any atom is 0.416 e. The van der Waals surface area contributed by atoms with Gasteiger partial charge < -0.3 is 15.0 Å². The van der Waals surface area contributed by atoms with E-state index in [0.29, 0.717) is 41.1 Å². The molecule has 0 radical (unpaired) electrons. The lowest BCUT2D eigenvalue weighted by molar-refractivity contribution is -0.138. The van der Waals surface area contributed by atoms with Crippen molar-refractivity contribution >= 4 is 22.4 Å². The van der Waals surface area contributed by atoms with E-state index in [1.54, 1.807) is 13.8 Å². The average molecular weight is 505 g/mol. The second kappa shape index (κ2) is 9.44. The molecule has 1 aromatic carbocycles. The summed E-state index contributed by atoms with van der Waals surface area (Å²) < 4.78 is 60.1. The van der Waals surface area contributed by atoms with E-state index in [1.165, 1.54) is 6.92 Å². The number of benzene rings is 1. The third kappa shape index (κ3) is 4.69. The lowest BCUT2D eigenvalue weighted by Gasteiger charge is -2.44. The number of anilines is 2. The van der Waals surface area contributed by atoms with Gasteiger partial charge in [0.15, 0.2) is 5.82 Å². The summed E-state index contributed by atoms with van der Waals surface area (Å²) in [5.41, 5.74) is 1.41. The zero-order valence-corrected chi connectivity index (χ0v) is 20.4. The van der Waals surface area contributed by atoms with Gasteiger partial charge in [-0.05, 0) is 50.1 Å². The molecule has 0 saturated carbocycles. The Morgan fingerprint density at radius 3 is 2.69 bits per heavy atom. The molecule has 0 unspecified atom stereocenters. The van der Waals surface area contributed by atoms with Gasteiger partial charge in [0, 0.05) is 31.6 Å². The number of rotatable bonds is 4. The summed E-state index contributed by atoms with van der Waals surface area (Å²) in [5.74, 6) is -0.555. The topological polar surface area (TPSA) is 66.4 Å². The average Bonchev–Trinajstić information content (AvgIpc) is 2.85.